The summed E-state index contributed by atoms with van der Waals surface area (Å²) < 4.78 is 0. The van der Waals surface area contributed by atoms with Crippen molar-refractivity contribution < 1.29 is 4.79 Å². The molecule has 3 heterocycles. The molecule has 2 aliphatic heterocycles. The zero-order valence-corrected chi connectivity index (χ0v) is 10.5. The van der Waals surface area contributed by atoms with Crippen LogP contribution in [0.3, 0.4) is 0 Å². The fraction of sp³-hybridized carbons (Fsp3) is 0.214. The Balaban J connectivity index is 2.03. The number of hydrogen-bond acceptors (Lipinski definition) is 3. The van der Waals surface area contributed by atoms with E-state index >= 15 is 0 Å². The highest BCUT2D eigenvalue weighted by atomic mass is 32.1. The van der Waals surface area contributed by atoms with Gasteiger partial charge >= 0.3 is 0 Å². The maximum Gasteiger partial charge on any atom is 0.256 e. The van der Waals surface area contributed by atoms with Crippen LogP contribution in [0.2, 0.25) is 0 Å². The molecule has 2 aromatic rings. The summed E-state index contributed by atoms with van der Waals surface area (Å²) in [6.07, 6.45) is 0. The molecule has 4 heteroatoms. The van der Waals surface area contributed by atoms with Gasteiger partial charge in [-0.15, -0.1) is 11.3 Å². The van der Waals surface area contributed by atoms with Crippen LogP contribution in [0.15, 0.2) is 41.8 Å². The van der Waals surface area contributed by atoms with Crippen LogP contribution < -0.4 is 5.32 Å². The van der Waals surface area contributed by atoms with Crippen molar-refractivity contribution in [2.75, 3.05) is 13.1 Å². The number of fused-ring (bicyclic) bond motifs is 3. The van der Waals surface area contributed by atoms with Gasteiger partial charge < -0.3 is 4.90 Å². The van der Waals surface area contributed by atoms with E-state index in [1.54, 1.807) is 11.3 Å². The zero-order valence-electron chi connectivity index (χ0n) is 9.72. The normalized spacial score (nSPS) is 25.3. The van der Waals surface area contributed by atoms with E-state index in [-0.39, 0.29) is 5.91 Å². The molecule has 0 spiro atoms. The highest BCUT2D eigenvalue weighted by Gasteiger charge is 2.53. The second-order valence-electron chi connectivity index (χ2n) is 4.62. The summed E-state index contributed by atoms with van der Waals surface area (Å²) in [6.45, 7) is 1.61. The minimum Gasteiger partial charge on any atom is -0.310 e. The summed E-state index contributed by atoms with van der Waals surface area (Å²) in [6, 6.07) is 12.1. The van der Waals surface area contributed by atoms with E-state index < -0.39 is 5.66 Å². The molecule has 0 radical (unpaired) electrons. The van der Waals surface area contributed by atoms with Gasteiger partial charge in [-0.25, -0.2) is 0 Å². The summed E-state index contributed by atoms with van der Waals surface area (Å²) in [7, 11) is 0. The fourth-order valence-corrected chi connectivity index (χ4v) is 4.00. The SMILES string of the molecule is O=C1c2ccccc2C2(c3cccs3)NCCN12. The van der Waals surface area contributed by atoms with Crippen LogP contribution in [0, 0.1) is 0 Å². The van der Waals surface area contributed by atoms with Crippen molar-refractivity contribution in [2.24, 2.45) is 0 Å². The summed E-state index contributed by atoms with van der Waals surface area (Å²) in [5, 5.41) is 5.60. The van der Waals surface area contributed by atoms with E-state index in [1.807, 2.05) is 29.2 Å². The minimum absolute atomic E-state index is 0.143. The predicted molar refractivity (Wildman–Crippen MR) is 70.6 cm³/mol. The van der Waals surface area contributed by atoms with Gasteiger partial charge in [0.05, 0.1) is 0 Å². The van der Waals surface area contributed by atoms with Crippen LogP contribution >= 0.6 is 11.3 Å². The molecule has 3 nitrogen and oxygen atoms in total. The van der Waals surface area contributed by atoms with Crippen molar-refractivity contribution in [3.05, 3.63) is 57.8 Å². The Morgan fingerprint density at radius 3 is 2.94 bits per heavy atom. The van der Waals surface area contributed by atoms with E-state index in [4.69, 9.17) is 0 Å². The fourth-order valence-electron chi connectivity index (χ4n) is 3.07. The summed E-state index contributed by atoms with van der Waals surface area (Å²) in [4.78, 5) is 15.6. The molecule has 2 aliphatic rings. The molecule has 1 atom stereocenters. The Hall–Kier alpha value is -1.65. The predicted octanol–water partition coefficient (Wildman–Crippen LogP) is 2.01. The van der Waals surface area contributed by atoms with Gasteiger partial charge in [0.25, 0.3) is 5.91 Å². The molecule has 0 saturated carbocycles. The molecule has 1 aromatic heterocycles. The van der Waals surface area contributed by atoms with Crippen molar-refractivity contribution in [2.45, 2.75) is 5.66 Å². The highest BCUT2D eigenvalue weighted by Crippen LogP contribution is 2.45. The van der Waals surface area contributed by atoms with Gasteiger partial charge in [-0.1, -0.05) is 24.3 Å². The van der Waals surface area contributed by atoms with Crippen molar-refractivity contribution in [3.63, 3.8) is 0 Å². The zero-order chi connectivity index (χ0) is 12.2. The first kappa shape index (κ1) is 10.3. The highest BCUT2D eigenvalue weighted by molar-refractivity contribution is 7.10. The topological polar surface area (TPSA) is 32.3 Å². The number of carbonyl (C=O) groups excluding carboxylic acids is 1. The van der Waals surface area contributed by atoms with Crippen LogP contribution in [0.1, 0.15) is 20.8 Å². The van der Waals surface area contributed by atoms with Gasteiger partial charge in [-0.3, -0.25) is 10.1 Å². The van der Waals surface area contributed by atoms with E-state index in [0.717, 1.165) is 24.2 Å². The first-order valence-corrected chi connectivity index (χ1v) is 6.92. The molecule has 1 saturated heterocycles. The van der Waals surface area contributed by atoms with Gasteiger partial charge in [0, 0.05) is 29.1 Å². The number of amides is 1. The molecule has 4 rings (SSSR count). The average molecular weight is 256 g/mol. The molecule has 1 fully saturated rings. The van der Waals surface area contributed by atoms with Crippen LogP contribution in [0.4, 0.5) is 0 Å². The molecule has 0 bridgehead atoms. The summed E-state index contributed by atoms with van der Waals surface area (Å²) in [5.41, 5.74) is 1.51. The minimum atomic E-state index is -0.415. The molecular formula is C14H12N2OS. The quantitative estimate of drug-likeness (QED) is 0.846. The lowest BCUT2D eigenvalue weighted by Gasteiger charge is -2.31. The Labute approximate surface area is 109 Å². The smallest absolute Gasteiger partial charge is 0.256 e. The Kier molecular flexibility index (Phi) is 1.96. The number of rotatable bonds is 1. The Bertz CT molecular complexity index is 622. The number of carbonyl (C=O) groups is 1. The second kappa shape index (κ2) is 3.43. The summed E-state index contributed by atoms with van der Waals surface area (Å²) >= 11 is 1.70. The summed E-state index contributed by atoms with van der Waals surface area (Å²) in [5.74, 6) is 0.143. The lowest BCUT2D eigenvalue weighted by Crippen LogP contribution is -2.46. The maximum absolute atomic E-state index is 12.5. The molecule has 1 amide bonds. The maximum atomic E-state index is 12.5. The average Bonchev–Trinajstić information content (AvgIpc) is 3.09. The van der Waals surface area contributed by atoms with Crippen molar-refractivity contribution in [1.82, 2.24) is 10.2 Å². The van der Waals surface area contributed by atoms with Crippen molar-refractivity contribution >= 4 is 17.2 Å². The third-order valence-electron chi connectivity index (χ3n) is 3.79. The van der Waals surface area contributed by atoms with Crippen LogP contribution in [-0.2, 0) is 5.66 Å². The second-order valence-corrected chi connectivity index (χ2v) is 5.56. The molecule has 1 aromatic carbocycles. The molecule has 1 unspecified atom stereocenters. The molecule has 0 aliphatic carbocycles. The van der Waals surface area contributed by atoms with Crippen molar-refractivity contribution in [1.29, 1.82) is 0 Å². The number of benzene rings is 1. The number of nitrogens with zero attached hydrogens (tertiary/aromatic N) is 1. The monoisotopic (exact) mass is 256 g/mol. The lowest BCUT2D eigenvalue weighted by atomic mass is 9.97. The van der Waals surface area contributed by atoms with E-state index in [2.05, 4.69) is 22.8 Å². The molecule has 1 N–H and O–H groups in total. The third-order valence-corrected chi connectivity index (χ3v) is 4.77. The van der Waals surface area contributed by atoms with Crippen LogP contribution in [0.5, 0.6) is 0 Å². The number of hydrogen-bond donors (Lipinski definition) is 1. The Morgan fingerprint density at radius 1 is 1.22 bits per heavy atom. The standard InChI is InChI=1S/C14H12N2OS/c17-13-10-4-1-2-5-11(10)14(12-6-3-9-18-12)15-7-8-16(13)14/h1-6,9,15H,7-8H2. The third kappa shape index (κ3) is 1.05. The van der Waals surface area contributed by atoms with Crippen molar-refractivity contribution in [3.8, 4) is 0 Å². The van der Waals surface area contributed by atoms with Crippen LogP contribution in [-0.4, -0.2) is 23.9 Å². The van der Waals surface area contributed by atoms with E-state index in [1.165, 1.54) is 4.88 Å². The van der Waals surface area contributed by atoms with Gasteiger partial charge in [0.1, 0.15) is 0 Å². The van der Waals surface area contributed by atoms with Gasteiger partial charge in [-0.05, 0) is 17.5 Å². The Morgan fingerprint density at radius 2 is 2.11 bits per heavy atom. The number of thiophene rings is 1. The van der Waals surface area contributed by atoms with E-state index in [0.29, 0.717) is 0 Å². The van der Waals surface area contributed by atoms with Gasteiger partial charge in [0.15, 0.2) is 5.66 Å². The molecule has 18 heavy (non-hydrogen) atoms. The lowest BCUT2D eigenvalue weighted by molar-refractivity contribution is 0.0699. The van der Waals surface area contributed by atoms with Gasteiger partial charge in [0.2, 0.25) is 0 Å². The van der Waals surface area contributed by atoms with E-state index in [9.17, 15) is 4.79 Å². The van der Waals surface area contributed by atoms with Gasteiger partial charge in [-0.2, -0.15) is 0 Å². The number of nitrogens with one attached hydrogen (secondary N) is 1. The first-order valence-electron chi connectivity index (χ1n) is 6.04. The molecular weight excluding hydrogens is 244 g/mol. The molecule has 90 valence electrons. The largest absolute Gasteiger partial charge is 0.310 e. The van der Waals surface area contributed by atoms with Crippen LogP contribution in [0.25, 0.3) is 0 Å². The first-order chi connectivity index (χ1) is 8.84.